The number of hydrogen-bond acceptors (Lipinski definition) is 5. The van der Waals surface area contributed by atoms with Gasteiger partial charge in [0.15, 0.2) is 11.5 Å². The molecule has 1 saturated heterocycles. The first-order valence-corrected chi connectivity index (χ1v) is 10.1. The Balaban J connectivity index is 1.52. The van der Waals surface area contributed by atoms with Crippen molar-refractivity contribution >= 4 is 6.29 Å². The van der Waals surface area contributed by atoms with Crippen LogP contribution in [0, 0.1) is 0 Å². The fraction of sp³-hybridized carbons (Fsp3) is 0.435. The van der Waals surface area contributed by atoms with Crippen LogP contribution >= 0.6 is 0 Å². The van der Waals surface area contributed by atoms with Crippen molar-refractivity contribution in [3.63, 3.8) is 0 Å². The van der Waals surface area contributed by atoms with Crippen LogP contribution in [-0.2, 0) is 4.79 Å². The van der Waals surface area contributed by atoms with Crippen LogP contribution in [0.15, 0.2) is 42.5 Å². The van der Waals surface area contributed by atoms with Gasteiger partial charge >= 0.3 is 0 Å². The lowest BCUT2D eigenvalue weighted by atomic mass is 9.93. The molecule has 28 heavy (non-hydrogen) atoms. The third-order valence-corrected chi connectivity index (χ3v) is 5.49. The summed E-state index contributed by atoms with van der Waals surface area (Å²) in [5.74, 6) is 2.90. The Morgan fingerprint density at radius 3 is 2.57 bits per heavy atom. The Morgan fingerprint density at radius 2 is 1.82 bits per heavy atom. The zero-order valence-corrected chi connectivity index (χ0v) is 16.3. The van der Waals surface area contributed by atoms with Crippen molar-refractivity contribution in [2.75, 3.05) is 32.9 Å². The molecule has 0 N–H and O–H groups in total. The molecule has 4 rings (SSSR count). The monoisotopic (exact) mass is 381 g/mol. The van der Waals surface area contributed by atoms with Crippen LogP contribution in [0.5, 0.6) is 17.2 Å². The summed E-state index contributed by atoms with van der Waals surface area (Å²) in [5, 5.41) is 0. The summed E-state index contributed by atoms with van der Waals surface area (Å²) >= 11 is 0. The molecule has 2 unspecified atom stereocenters. The van der Waals surface area contributed by atoms with E-state index in [4.69, 9.17) is 14.2 Å². The van der Waals surface area contributed by atoms with Gasteiger partial charge in [0.25, 0.3) is 0 Å². The van der Waals surface area contributed by atoms with E-state index in [9.17, 15) is 4.79 Å². The molecular weight excluding hydrogens is 354 g/mol. The Hall–Kier alpha value is -2.53. The molecule has 0 radical (unpaired) electrons. The normalized spacial score (nSPS) is 21.5. The average Bonchev–Trinajstić information content (AvgIpc) is 3.16. The number of rotatable bonds is 7. The fourth-order valence-corrected chi connectivity index (χ4v) is 4.11. The lowest BCUT2D eigenvalue weighted by Gasteiger charge is -2.22. The van der Waals surface area contributed by atoms with Gasteiger partial charge < -0.3 is 19.0 Å². The first-order chi connectivity index (χ1) is 13.8. The van der Waals surface area contributed by atoms with Crippen molar-refractivity contribution < 1.29 is 19.0 Å². The summed E-state index contributed by atoms with van der Waals surface area (Å²) < 4.78 is 17.1. The molecule has 2 atom stereocenters. The molecule has 0 aliphatic carbocycles. The molecule has 5 heteroatoms. The second-order valence-electron chi connectivity index (χ2n) is 7.39. The second kappa shape index (κ2) is 8.65. The zero-order chi connectivity index (χ0) is 19.3. The van der Waals surface area contributed by atoms with Gasteiger partial charge in [0.05, 0.1) is 13.2 Å². The Bertz CT molecular complexity index is 805. The maximum Gasteiger partial charge on any atom is 0.161 e. The Labute approximate surface area is 166 Å². The van der Waals surface area contributed by atoms with E-state index in [2.05, 4.69) is 36.1 Å². The molecule has 0 aromatic heterocycles. The predicted octanol–water partition coefficient (Wildman–Crippen LogP) is 3.98. The van der Waals surface area contributed by atoms with Gasteiger partial charge in [-0.25, -0.2) is 0 Å². The quantitative estimate of drug-likeness (QED) is 0.679. The smallest absolute Gasteiger partial charge is 0.161 e. The SMILES string of the molecule is CCCOc1ccc(C2CC(c3ccc4c(c3)OCCO4)CN2CC=O)cc1. The van der Waals surface area contributed by atoms with E-state index in [0.29, 0.717) is 25.7 Å². The molecule has 2 aromatic rings. The number of ether oxygens (including phenoxy) is 3. The summed E-state index contributed by atoms with van der Waals surface area (Å²) in [7, 11) is 0. The van der Waals surface area contributed by atoms with E-state index < -0.39 is 0 Å². The molecule has 0 spiro atoms. The largest absolute Gasteiger partial charge is 0.494 e. The van der Waals surface area contributed by atoms with Crippen LogP contribution in [-0.4, -0.2) is 44.1 Å². The number of fused-ring (bicyclic) bond motifs is 1. The predicted molar refractivity (Wildman–Crippen MR) is 107 cm³/mol. The van der Waals surface area contributed by atoms with Gasteiger partial charge in [0, 0.05) is 12.6 Å². The number of benzene rings is 2. The number of carbonyl (C=O) groups is 1. The molecular formula is C23H27NO4. The number of hydrogen-bond donors (Lipinski definition) is 0. The van der Waals surface area contributed by atoms with Gasteiger partial charge in [-0.1, -0.05) is 25.1 Å². The molecule has 2 aliphatic heterocycles. The van der Waals surface area contributed by atoms with Crippen molar-refractivity contribution in [1.29, 1.82) is 0 Å². The summed E-state index contributed by atoms with van der Waals surface area (Å²) in [4.78, 5) is 13.5. The molecule has 2 aromatic carbocycles. The number of aldehydes is 1. The summed E-state index contributed by atoms with van der Waals surface area (Å²) in [5.41, 5.74) is 2.47. The lowest BCUT2D eigenvalue weighted by molar-refractivity contribution is -0.109. The third-order valence-electron chi connectivity index (χ3n) is 5.49. The third kappa shape index (κ3) is 3.99. The molecule has 2 heterocycles. The van der Waals surface area contributed by atoms with E-state index in [1.165, 1.54) is 11.1 Å². The van der Waals surface area contributed by atoms with Gasteiger partial charge in [-0.3, -0.25) is 4.90 Å². The van der Waals surface area contributed by atoms with Gasteiger partial charge in [-0.15, -0.1) is 0 Å². The number of nitrogens with zero attached hydrogens (tertiary/aromatic N) is 1. The zero-order valence-electron chi connectivity index (χ0n) is 16.3. The molecule has 2 aliphatic rings. The number of likely N-dealkylation sites (tertiary alicyclic amines) is 1. The molecule has 0 amide bonds. The van der Waals surface area contributed by atoms with Crippen LogP contribution in [0.4, 0.5) is 0 Å². The van der Waals surface area contributed by atoms with Gasteiger partial charge in [0.2, 0.25) is 0 Å². The van der Waals surface area contributed by atoms with Gasteiger partial charge in [0.1, 0.15) is 25.2 Å². The molecule has 148 valence electrons. The highest BCUT2D eigenvalue weighted by atomic mass is 16.6. The summed E-state index contributed by atoms with van der Waals surface area (Å²) in [6.07, 6.45) is 2.97. The van der Waals surface area contributed by atoms with Crippen LogP contribution in [0.1, 0.15) is 42.9 Å². The minimum Gasteiger partial charge on any atom is -0.494 e. The minimum absolute atomic E-state index is 0.226. The van der Waals surface area contributed by atoms with E-state index in [1.54, 1.807) is 0 Å². The summed E-state index contributed by atoms with van der Waals surface area (Å²) in [6, 6.07) is 14.8. The first kappa shape index (κ1) is 18.8. The highest BCUT2D eigenvalue weighted by Gasteiger charge is 2.34. The molecule has 1 fully saturated rings. The molecule has 0 bridgehead atoms. The first-order valence-electron chi connectivity index (χ1n) is 10.1. The average molecular weight is 381 g/mol. The number of carbonyl (C=O) groups excluding carboxylic acids is 1. The van der Waals surface area contributed by atoms with E-state index in [1.807, 2.05) is 18.2 Å². The Kier molecular flexibility index (Phi) is 5.81. The van der Waals surface area contributed by atoms with E-state index in [0.717, 1.165) is 49.5 Å². The molecule has 0 saturated carbocycles. The minimum atomic E-state index is 0.226. The van der Waals surface area contributed by atoms with Gasteiger partial charge in [-0.2, -0.15) is 0 Å². The lowest BCUT2D eigenvalue weighted by Crippen LogP contribution is -2.25. The van der Waals surface area contributed by atoms with E-state index in [-0.39, 0.29) is 6.04 Å². The maximum absolute atomic E-state index is 11.2. The van der Waals surface area contributed by atoms with Crippen molar-refractivity contribution in [3.05, 3.63) is 53.6 Å². The second-order valence-corrected chi connectivity index (χ2v) is 7.39. The highest BCUT2D eigenvalue weighted by molar-refractivity contribution is 5.53. The van der Waals surface area contributed by atoms with Crippen LogP contribution in [0.25, 0.3) is 0 Å². The van der Waals surface area contributed by atoms with Crippen LogP contribution in [0.3, 0.4) is 0 Å². The van der Waals surface area contributed by atoms with Crippen molar-refractivity contribution in [2.45, 2.75) is 31.7 Å². The van der Waals surface area contributed by atoms with Crippen molar-refractivity contribution in [3.8, 4) is 17.2 Å². The fourth-order valence-electron chi connectivity index (χ4n) is 4.11. The highest BCUT2D eigenvalue weighted by Crippen LogP contribution is 2.42. The summed E-state index contributed by atoms with van der Waals surface area (Å²) in [6.45, 7) is 5.32. The van der Waals surface area contributed by atoms with Crippen molar-refractivity contribution in [1.82, 2.24) is 4.90 Å². The molecule has 5 nitrogen and oxygen atoms in total. The van der Waals surface area contributed by atoms with Crippen molar-refractivity contribution in [2.24, 2.45) is 0 Å². The maximum atomic E-state index is 11.2. The van der Waals surface area contributed by atoms with Crippen LogP contribution in [0.2, 0.25) is 0 Å². The Morgan fingerprint density at radius 1 is 1.07 bits per heavy atom. The van der Waals surface area contributed by atoms with E-state index >= 15 is 0 Å². The topological polar surface area (TPSA) is 48.0 Å². The van der Waals surface area contributed by atoms with Crippen LogP contribution < -0.4 is 14.2 Å². The standard InChI is InChI=1S/C23H27NO4/c1-2-11-26-20-6-3-17(4-7-20)21-14-19(16-24(21)9-10-25)18-5-8-22-23(15-18)28-13-12-27-22/h3-8,10,15,19,21H,2,9,11-14,16H2,1H3. The van der Waals surface area contributed by atoms with Gasteiger partial charge in [-0.05, 0) is 54.2 Å².